The summed E-state index contributed by atoms with van der Waals surface area (Å²) < 4.78 is 16.7. The normalized spacial score (nSPS) is 31.6. The molecule has 2 fully saturated rings. The molecule has 194 valence electrons. The first-order chi connectivity index (χ1) is 17.6. The van der Waals surface area contributed by atoms with Crippen LogP contribution in [0.15, 0.2) is 18.2 Å². The summed E-state index contributed by atoms with van der Waals surface area (Å²) in [5.74, 6) is -4.27. The highest BCUT2D eigenvalue weighted by Crippen LogP contribution is 2.54. The summed E-state index contributed by atoms with van der Waals surface area (Å²) >= 11 is 0. The van der Waals surface area contributed by atoms with Gasteiger partial charge in [-0.3, -0.25) is 14.4 Å². The average molecular weight is 511 g/mol. The molecule has 2 aliphatic carbocycles. The number of rotatable bonds is 4. The van der Waals surface area contributed by atoms with E-state index in [1.54, 1.807) is 0 Å². The zero-order chi connectivity index (χ0) is 26.4. The molecule has 2 heterocycles. The van der Waals surface area contributed by atoms with Gasteiger partial charge in [0.2, 0.25) is 5.78 Å². The van der Waals surface area contributed by atoms with Crippen LogP contribution in [0.5, 0.6) is 17.2 Å². The lowest BCUT2D eigenvalue weighted by Gasteiger charge is -2.42. The average Bonchev–Trinajstić information content (AvgIpc) is 3.68. The number of ether oxygens (including phenoxy) is 3. The number of carbonyl (C=O) groups is 3. The third-order valence-corrected chi connectivity index (χ3v) is 7.99. The van der Waals surface area contributed by atoms with Gasteiger partial charge in [-0.1, -0.05) is 12.1 Å². The van der Waals surface area contributed by atoms with E-state index in [0.717, 1.165) is 0 Å². The van der Waals surface area contributed by atoms with Crippen LogP contribution < -0.4 is 10.5 Å². The number of methoxy groups -OCH3 is 1. The maximum atomic E-state index is 13.7. The van der Waals surface area contributed by atoms with Gasteiger partial charge in [-0.05, 0) is 18.9 Å². The second-order valence-corrected chi connectivity index (χ2v) is 10.0. The summed E-state index contributed by atoms with van der Waals surface area (Å²) in [6, 6.07) is 4.03. The number of epoxide rings is 1. The van der Waals surface area contributed by atoms with Crippen LogP contribution in [0.4, 0.5) is 0 Å². The predicted molar refractivity (Wildman–Crippen MR) is 124 cm³/mol. The van der Waals surface area contributed by atoms with E-state index in [4.69, 9.17) is 19.9 Å². The standard InChI is InChI=1S/C26H25NO10/c1-35-13-4-2-3-9-17(13)23(33)19-18(20(9)30)21(31)11-7-26(34,15(29)8-28)6-10(16(11)22(19)32)14-5-12(27)24-25(36-14)37-24/h2-4,10,12,14,24-25,28,31-32,34H,5-8,27H2,1H3/t10-,12?,14?,24?,25?,26-/m1/s1. The number of nitrogens with two attached hydrogens (primary N) is 1. The van der Waals surface area contributed by atoms with Crippen molar-refractivity contribution in [1.29, 1.82) is 0 Å². The zero-order valence-corrected chi connectivity index (χ0v) is 19.8. The smallest absolute Gasteiger partial charge is 0.202 e. The maximum Gasteiger partial charge on any atom is 0.202 e. The van der Waals surface area contributed by atoms with Crippen molar-refractivity contribution in [3.63, 3.8) is 0 Å². The highest BCUT2D eigenvalue weighted by molar-refractivity contribution is 6.31. The minimum atomic E-state index is -2.12. The quantitative estimate of drug-likeness (QED) is 0.235. The summed E-state index contributed by atoms with van der Waals surface area (Å²) in [5, 5.41) is 43.7. The molecular weight excluding hydrogens is 486 g/mol. The van der Waals surface area contributed by atoms with E-state index < -0.39 is 77.4 Å². The largest absolute Gasteiger partial charge is 0.507 e. The van der Waals surface area contributed by atoms with E-state index in [1.165, 1.54) is 25.3 Å². The van der Waals surface area contributed by atoms with Crippen LogP contribution in [0.3, 0.4) is 0 Å². The Bertz CT molecular complexity index is 1390. The number of carbonyl (C=O) groups excluding carboxylic acids is 3. The molecule has 4 unspecified atom stereocenters. The van der Waals surface area contributed by atoms with Crippen molar-refractivity contribution < 1.29 is 49.0 Å². The molecule has 0 aromatic heterocycles. The Labute approximate surface area is 210 Å². The summed E-state index contributed by atoms with van der Waals surface area (Å²) in [6.45, 7) is -0.959. The molecule has 0 radical (unpaired) electrons. The van der Waals surface area contributed by atoms with Crippen molar-refractivity contribution in [2.75, 3.05) is 13.7 Å². The Morgan fingerprint density at radius 2 is 1.86 bits per heavy atom. The fourth-order valence-electron chi connectivity index (χ4n) is 6.12. The highest BCUT2D eigenvalue weighted by Gasteiger charge is 2.56. The number of phenols is 2. The molecule has 6 rings (SSSR count). The molecular formula is C26H25NO10. The van der Waals surface area contributed by atoms with Crippen molar-refractivity contribution in [2.45, 2.75) is 55.3 Å². The van der Waals surface area contributed by atoms with E-state index in [-0.39, 0.29) is 52.5 Å². The number of aliphatic hydroxyl groups is 2. The van der Waals surface area contributed by atoms with Crippen LogP contribution in [-0.4, -0.2) is 81.6 Å². The number of benzene rings is 2. The van der Waals surface area contributed by atoms with Crippen molar-refractivity contribution in [3.05, 3.63) is 51.6 Å². The molecule has 2 saturated heterocycles. The van der Waals surface area contributed by atoms with Gasteiger partial charge in [0, 0.05) is 35.1 Å². The van der Waals surface area contributed by atoms with Crippen LogP contribution >= 0.6 is 0 Å². The first kappa shape index (κ1) is 24.0. The Balaban J connectivity index is 1.58. The molecule has 0 saturated carbocycles. The molecule has 0 bridgehead atoms. The molecule has 6 atom stereocenters. The number of hydrogen-bond acceptors (Lipinski definition) is 11. The second-order valence-electron chi connectivity index (χ2n) is 10.0. The van der Waals surface area contributed by atoms with Crippen LogP contribution in [0, 0.1) is 0 Å². The molecule has 11 heteroatoms. The second kappa shape index (κ2) is 8.07. The summed E-state index contributed by atoms with van der Waals surface area (Å²) in [5.41, 5.74) is 3.23. The van der Waals surface area contributed by atoms with Gasteiger partial charge in [0.15, 0.2) is 17.9 Å². The number of hydrogen-bond donors (Lipinski definition) is 5. The van der Waals surface area contributed by atoms with E-state index >= 15 is 0 Å². The fraction of sp³-hybridized carbons (Fsp3) is 0.423. The fourth-order valence-corrected chi connectivity index (χ4v) is 6.12. The van der Waals surface area contributed by atoms with Gasteiger partial charge in [-0.25, -0.2) is 0 Å². The van der Waals surface area contributed by atoms with Gasteiger partial charge in [0.05, 0.1) is 29.9 Å². The van der Waals surface area contributed by atoms with Crippen molar-refractivity contribution in [1.82, 2.24) is 0 Å². The van der Waals surface area contributed by atoms with Crippen LogP contribution in [0.25, 0.3) is 0 Å². The molecule has 2 aliphatic heterocycles. The zero-order valence-electron chi connectivity index (χ0n) is 19.8. The molecule has 6 N–H and O–H groups in total. The Morgan fingerprint density at radius 3 is 2.54 bits per heavy atom. The lowest BCUT2D eigenvalue weighted by Crippen LogP contribution is -2.50. The summed E-state index contributed by atoms with van der Waals surface area (Å²) in [4.78, 5) is 39.8. The number of ketones is 3. The molecule has 2 aromatic rings. The third-order valence-electron chi connectivity index (χ3n) is 7.99. The Hall–Kier alpha value is -3.35. The van der Waals surface area contributed by atoms with E-state index in [2.05, 4.69) is 0 Å². The van der Waals surface area contributed by atoms with Crippen LogP contribution in [-0.2, 0) is 20.7 Å². The van der Waals surface area contributed by atoms with Gasteiger partial charge in [-0.15, -0.1) is 0 Å². The van der Waals surface area contributed by atoms with Crippen molar-refractivity contribution >= 4 is 17.3 Å². The van der Waals surface area contributed by atoms with Crippen LogP contribution in [0.2, 0.25) is 0 Å². The summed E-state index contributed by atoms with van der Waals surface area (Å²) in [6.07, 6.45) is -2.15. The van der Waals surface area contributed by atoms with Gasteiger partial charge < -0.3 is 40.4 Å². The van der Waals surface area contributed by atoms with E-state index in [0.29, 0.717) is 0 Å². The van der Waals surface area contributed by atoms with E-state index in [9.17, 15) is 34.8 Å². The lowest BCUT2D eigenvalue weighted by atomic mass is 9.66. The number of aliphatic hydroxyl groups excluding tert-OH is 1. The number of phenolic OH excluding ortho intramolecular Hbond substituents is 2. The van der Waals surface area contributed by atoms with Gasteiger partial charge in [0.1, 0.15) is 35.6 Å². The predicted octanol–water partition coefficient (Wildman–Crippen LogP) is 0.0452. The topological polar surface area (TPSA) is 189 Å². The Kier molecular flexibility index (Phi) is 5.24. The monoisotopic (exact) mass is 511 g/mol. The van der Waals surface area contributed by atoms with Crippen molar-refractivity contribution in [3.8, 4) is 17.2 Å². The first-order valence-corrected chi connectivity index (χ1v) is 11.9. The molecule has 0 amide bonds. The molecule has 37 heavy (non-hydrogen) atoms. The SMILES string of the molecule is COc1cccc2c1C(=O)c1c(O)c3c(c(O)c1C2=O)C[C@@](O)(C(=O)CO)C[C@@H]3C1CC(N)C2OC2O1. The molecule has 11 nitrogen and oxygen atoms in total. The first-order valence-electron chi connectivity index (χ1n) is 11.9. The summed E-state index contributed by atoms with van der Waals surface area (Å²) in [7, 11) is 1.35. The van der Waals surface area contributed by atoms with Crippen LogP contribution in [0.1, 0.15) is 61.7 Å². The lowest BCUT2D eigenvalue weighted by molar-refractivity contribution is -0.144. The molecule has 4 aliphatic rings. The third kappa shape index (κ3) is 3.28. The maximum absolute atomic E-state index is 13.7. The highest BCUT2D eigenvalue weighted by atomic mass is 16.8. The number of Topliss-reactive ketones (excluding diaryl/α,β-unsaturated/α-hetero) is 1. The van der Waals surface area contributed by atoms with Gasteiger partial charge in [-0.2, -0.15) is 0 Å². The molecule has 0 spiro atoms. The Morgan fingerprint density at radius 1 is 1.14 bits per heavy atom. The molecule has 2 aromatic carbocycles. The minimum absolute atomic E-state index is 0.0148. The van der Waals surface area contributed by atoms with Gasteiger partial charge in [0.25, 0.3) is 0 Å². The van der Waals surface area contributed by atoms with E-state index in [1.807, 2.05) is 0 Å². The van der Waals surface area contributed by atoms with Gasteiger partial charge >= 0.3 is 0 Å². The van der Waals surface area contributed by atoms with Crippen molar-refractivity contribution in [2.24, 2.45) is 5.73 Å². The number of aromatic hydroxyl groups is 2. The minimum Gasteiger partial charge on any atom is -0.507 e. The number of fused-ring (bicyclic) bond motifs is 4.